The smallest absolute Gasteiger partial charge is 0.290 e. The predicted molar refractivity (Wildman–Crippen MR) is 114 cm³/mol. The van der Waals surface area contributed by atoms with E-state index in [4.69, 9.17) is 14.6 Å². The minimum atomic E-state index is -0.250. The van der Waals surface area contributed by atoms with Gasteiger partial charge in [-0.25, -0.2) is 0 Å². The first kappa shape index (κ1) is 21.8. The van der Waals surface area contributed by atoms with Crippen LogP contribution in [0.1, 0.15) is 41.6 Å². The van der Waals surface area contributed by atoms with Gasteiger partial charge in [0.2, 0.25) is 0 Å². The third-order valence-corrected chi connectivity index (χ3v) is 6.16. The van der Waals surface area contributed by atoms with E-state index >= 15 is 0 Å². The number of aliphatic hydroxyl groups excluding tert-OH is 1. The summed E-state index contributed by atoms with van der Waals surface area (Å²) in [6, 6.07) is 15.6. The Morgan fingerprint density at radius 2 is 1.63 bits per heavy atom. The number of benzene rings is 2. The molecule has 6 heteroatoms. The minimum Gasteiger partial charge on any atom is -0.483 e. The van der Waals surface area contributed by atoms with Crippen LogP contribution in [0.25, 0.3) is 0 Å². The molecule has 0 spiro atoms. The van der Waals surface area contributed by atoms with Crippen molar-refractivity contribution >= 4 is 12.4 Å². The summed E-state index contributed by atoms with van der Waals surface area (Å²) in [6.45, 7) is 1.78. The van der Waals surface area contributed by atoms with Crippen LogP contribution in [0.3, 0.4) is 0 Å². The molecule has 4 atom stereocenters. The molecular formula is C24H29NO5. The van der Waals surface area contributed by atoms with E-state index in [9.17, 15) is 9.90 Å². The lowest BCUT2D eigenvalue weighted by atomic mass is 10.0. The first-order valence-electron chi connectivity index (χ1n) is 10.3. The number of aliphatic hydroxyl groups is 1. The summed E-state index contributed by atoms with van der Waals surface area (Å²) in [6.07, 6.45) is 3.68. The molecule has 0 saturated heterocycles. The zero-order chi connectivity index (χ0) is 21.7. The molecule has 2 unspecified atom stereocenters. The molecule has 0 heterocycles. The normalized spacial score (nSPS) is 24.4. The van der Waals surface area contributed by atoms with Gasteiger partial charge in [-0.15, -0.1) is 0 Å². The summed E-state index contributed by atoms with van der Waals surface area (Å²) in [4.78, 5) is 23.1. The molecule has 2 aliphatic carbocycles. The molecule has 2 N–H and O–H groups in total. The standard InChI is InChI=1S/C23H27NO3.CH2O2/c1-15-4-3-5-22(10-15)27-21-8-6-16(7-9-21)23(26)24(2)19-11-17-13-20(25)14-18(17)12-19;2-1-3/h3-10,17-20,25H,11-14H2,1-2H3;1H,(H,2,3)/t17-,18+,19?,20?;. The van der Waals surface area contributed by atoms with Crippen LogP contribution in [0.15, 0.2) is 48.5 Å². The fraction of sp³-hybridized carbons (Fsp3) is 0.417. The van der Waals surface area contributed by atoms with E-state index in [0.29, 0.717) is 17.4 Å². The number of fused-ring (bicyclic) bond motifs is 1. The Morgan fingerprint density at radius 3 is 2.20 bits per heavy atom. The Hall–Kier alpha value is -2.86. The van der Waals surface area contributed by atoms with Crippen LogP contribution in [0.5, 0.6) is 11.5 Å². The number of carboxylic acid groups (broad SMARTS) is 1. The van der Waals surface area contributed by atoms with Crippen LogP contribution in [-0.4, -0.2) is 46.7 Å². The van der Waals surface area contributed by atoms with E-state index in [1.54, 1.807) is 0 Å². The molecule has 0 radical (unpaired) electrons. The van der Waals surface area contributed by atoms with Gasteiger partial charge < -0.3 is 19.8 Å². The summed E-state index contributed by atoms with van der Waals surface area (Å²) < 4.78 is 5.87. The lowest BCUT2D eigenvalue weighted by molar-refractivity contribution is -0.122. The highest BCUT2D eigenvalue weighted by molar-refractivity contribution is 5.94. The average Bonchev–Trinajstić information content (AvgIpc) is 3.25. The SMILES string of the molecule is Cc1cccc(Oc2ccc(C(=O)N(C)C3C[C@H]4CC(O)C[C@H]4C3)cc2)c1.O=CO. The van der Waals surface area contributed by atoms with Gasteiger partial charge in [-0.1, -0.05) is 12.1 Å². The second kappa shape index (κ2) is 9.76. The molecule has 4 rings (SSSR count). The summed E-state index contributed by atoms with van der Waals surface area (Å²) in [5.74, 6) is 2.73. The molecule has 2 saturated carbocycles. The van der Waals surface area contributed by atoms with Crippen molar-refractivity contribution in [3.8, 4) is 11.5 Å². The number of nitrogens with zero attached hydrogens (tertiary/aromatic N) is 1. The second-order valence-corrected chi connectivity index (χ2v) is 8.24. The van der Waals surface area contributed by atoms with Crippen LogP contribution in [0, 0.1) is 18.8 Å². The van der Waals surface area contributed by atoms with Gasteiger partial charge in [0, 0.05) is 18.7 Å². The Bertz CT molecular complexity index is 852. The van der Waals surface area contributed by atoms with Gasteiger partial charge in [-0.2, -0.15) is 0 Å². The summed E-state index contributed by atoms with van der Waals surface area (Å²) >= 11 is 0. The molecule has 0 aliphatic heterocycles. The third-order valence-electron chi connectivity index (χ3n) is 6.16. The molecule has 2 aromatic carbocycles. The van der Waals surface area contributed by atoms with Crippen LogP contribution >= 0.6 is 0 Å². The van der Waals surface area contributed by atoms with Gasteiger partial charge >= 0.3 is 0 Å². The Morgan fingerprint density at radius 1 is 1.03 bits per heavy atom. The maximum Gasteiger partial charge on any atom is 0.290 e. The van der Waals surface area contributed by atoms with Crippen molar-refractivity contribution in [3.05, 3.63) is 59.7 Å². The van der Waals surface area contributed by atoms with Gasteiger partial charge in [0.1, 0.15) is 11.5 Å². The summed E-state index contributed by atoms with van der Waals surface area (Å²) in [5.41, 5.74) is 1.83. The van der Waals surface area contributed by atoms with Gasteiger partial charge in [0.05, 0.1) is 6.10 Å². The Kier molecular flexibility index (Phi) is 7.11. The molecular weight excluding hydrogens is 382 g/mol. The molecule has 2 fully saturated rings. The van der Waals surface area contributed by atoms with Crippen LogP contribution in [0.2, 0.25) is 0 Å². The molecule has 1 amide bonds. The largest absolute Gasteiger partial charge is 0.483 e. The summed E-state index contributed by atoms with van der Waals surface area (Å²) in [5, 5.41) is 16.7. The lowest BCUT2D eigenvalue weighted by Crippen LogP contribution is -2.36. The number of carbonyl (C=O) groups is 2. The van der Waals surface area contributed by atoms with E-state index < -0.39 is 0 Å². The first-order chi connectivity index (χ1) is 14.4. The van der Waals surface area contributed by atoms with Crippen LogP contribution < -0.4 is 4.74 Å². The summed E-state index contributed by atoms with van der Waals surface area (Å²) in [7, 11) is 1.90. The monoisotopic (exact) mass is 411 g/mol. The van der Waals surface area contributed by atoms with Crippen molar-refractivity contribution in [1.82, 2.24) is 4.90 Å². The van der Waals surface area contributed by atoms with Crippen molar-refractivity contribution in [2.75, 3.05) is 7.05 Å². The molecule has 0 bridgehead atoms. The Labute approximate surface area is 177 Å². The van der Waals surface area contributed by atoms with Crippen molar-refractivity contribution in [1.29, 1.82) is 0 Å². The number of hydrogen-bond donors (Lipinski definition) is 2. The lowest BCUT2D eigenvalue weighted by Gasteiger charge is -2.25. The third kappa shape index (κ3) is 5.19. The predicted octanol–water partition coefficient (Wildman–Crippen LogP) is 4.11. The van der Waals surface area contributed by atoms with E-state index in [-0.39, 0.29) is 24.5 Å². The molecule has 160 valence electrons. The highest BCUT2D eigenvalue weighted by Crippen LogP contribution is 2.45. The number of ether oxygens (including phenoxy) is 1. The maximum atomic E-state index is 12.9. The van der Waals surface area contributed by atoms with Crippen LogP contribution in [-0.2, 0) is 4.79 Å². The number of rotatable bonds is 4. The van der Waals surface area contributed by atoms with Gasteiger partial charge in [-0.05, 0) is 86.4 Å². The molecule has 30 heavy (non-hydrogen) atoms. The van der Waals surface area contributed by atoms with Crippen molar-refractivity contribution in [3.63, 3.8) is 0 Å². The Balaban J connectivity index is 0.000000806. The van der Waals surface area contributed by atoms with E-state index in [1.807, 2.05) is 67.4 Å². The minimum absolute atomic E-state index is 0.0580. The zero-order valence-corrected chi connectivity index (χ0v) is 17.4. The fourth-order valence-electron chi connectivity index (χ4n) is 4.72. The number of aryl methyl sites for hydroxylation is 1. The maximum absolute atomic E-state index is 12.9. The van der Waals surface area contributed by atoms with Crippen molar-refractivity contribution < 1.29 is 24.5 Å². The number of carbonyl (C=O) groups excluding carboxylic acids is 1. The van der Waals surface area contributed by atoms with E-state index in [0.717, 1.165) is 42.7 Å². The molecule has 0 aromatic heterocycles. The van der Waals surface area contributed by atoms with Crippen molar-refractivity contribution in [2.45, 2.75) is 44.8 Å². The van der Waals surface area contributed by atoms with E-state index in [1.165, 1.54) is 0 Å². The van der Waals surface area contributed by atoms with Gasteiger partial charge in [0.15, 0.2) is 0 Å². The zero-order valence-electron chi connectivity index (χ0n) is 17.4. The quantitative estimate of drug-likeness (QED) is 0.740. The topological polar surface area (TPSA) is 87.1 Å². The molecule has 6 nitrogen and oxygen atoms in total. The number of amides is 1. The van der Waals surface area contributed by atoms with Crippen molar-refractivity contribution in [2.24, 2.45) is 11.8 Å². The van der Waals surface area contributed by atoms with Gasteiger partial charge in [0.25, 0.3) is 12.4 Å². The number of hydrogen-bond acceptors (Lipinski definition) is 4. The highest BCUT2D eigenvalue weighted by Gasteiger charge is 2.43. The van der Waals surface area contributed by atoms with Crippen LogP contribution in [0.4, 0.5) is 0 Å². The molecule has 2 aromatic rings. The second-order valence-electron chi connectivity index (χ2n) is 8.24. The molecule has 2 aliphatic rings. The first-order valence-corrected chi connectivity index (χ1v) is 10.3. The average molecular weight is 411 g/mol. The van der Waals surface area contributed by atoms with E-state index in [2.05, 4.69) is 0 Å². The highest BCUT2D eigenvalue weighted by atomic mass is 16.5. The van der Waals surface area contributed by atoms with Gasteiger partial charge in [-0.3, -0.25) is 9.59 Å². The fourth-order valence-corrected chi connectivity index (χ4v) is 4.72.